The van der Waals surface area contributed by atoms with Crippen molar-refractivity contribution < 1.29 is 14.3 Å². The fourth-order valence-electron chi connectivity index (χ4n) is 3.31. The largest absolute Gasteiger partial charge is 0.495 e. The predicted molar refractivity (Wildman–Crippen MR) is 123 cm³/mol. The average Bonchev–Trinajstić information content (AvgIpc) is 2.68. The van der Waals surface area contributed by atoms with E-state index in [1.165, 1.54) is 0 Å². The van der Waals surface area contributed by atoms with Crippen molar-refractivity contribution in [3.63, 3.8) is 0 Å². The number of carbonyl (C=O) groups excluding carboxylic acids is 2. The number of benzene rings is 1. The van der Waals surface area contributed by atoms with Gasteiger partial charge < -0.3 is 25.2 Å². The molecule has 1 aromatic carbocycles. The van der Waals surface area contributed by atoms with Crippen molar-refractivity contribution in [1.29, 1.82) is 0 Å². The first kappa shape index (κ1) is 25.8. The smallest absolute Gasteiger partial charge is 0.254 e. The molecule has 10 heteroatoms. The van der Waals surface area contributed by atoms with Gasteiger partial charge in [-0.1, -0.05) is 0 Å². The van der Waals surface area contributed by atoms with Crippen LogP contribution in [0.15, 0.2) is 18.2 Å². The van der Waals surface area contributed by atoms with E-state index in [4.69, 9.17) is 4.74 Å². The third-order valence-electron chi connectivity index (χ3n) is 4.94. The zero-order valence-electron chi connectivity index (χ0n) is 16.8. The van der Waals surface area contributed by atoms with Crippen LogP contribution in [-0.2, 0) is 4.79 Å². The van der Waals surface area contributed by atoms with E-state index in [1.54, 1.807) is 25.3 Å². The molecule has 0 radical (unpaired) electrons. The van der Waals surface area contributed by atoms with E-state index in [2.05, 4.69) is 22.6 Å². The highest BCUT2D eigenvalue weighted by Gasteiger charge is 2.22. The Morgan fingerprint density at radius 1 is 1.24 bits per heavy atom. The number of nitrogens with zero attached hydrogens (tertiary/aromatic N) is 2. The Kier molecular flexibility index (Phi) is 11.1. The van der Waals surface area contributed by atoms with Crippen molar-refractivity contribution in [1.82, 2.24) is 15.1 Å². The molecular weight excluding hydrogens is 435 g/mol. The minimum atomic E-state index is -0.0718. The van der Waals surface area contributed by atoms with Crippen LogP contribution in [0.3, 0.4) is 0 Å². The Bertz CT molecular complexity index is 681. The number of piperazine rings is 1. The van der Waals surface area contributed by atoms with Gasteiger partial charge in [0.05, 0.1) is 12.8 Å². The fourth-order valence-corrected chi connectivity index (χ4v) is 4.26. The number of nitrogens with one attached hydrogen (secondary N) is 2. The van der Waals surface area contributed by atoms with Gasteiger partial charge >= 0.3 is 0 Å². The highest BCUT2D eigenvalue weighted by atomic mass is 35.5. The third kappa shape index (κ3) is 7.22. The van der Waals surface area contributed by atoms with Gasteiger partial charge in [0.1, 0.15) is 5.75 Å². The molecular formula is C19H30Cl2N4O3S. The molecule has 0 bridgehead atoms. The number of rotatable bonds is 5. The molecule has 2 aliphatic heterocycles. The van der Waals surface area contributed by atoms with Crippen LogP contribution in [0.2, 0.25) is 0 Å². The Morgan fingerprint density at radius 2 is 1.97 bits per heavy atom. The molecule has 7 nitrogen and oxygen atoms in total. The molecule has 0 aliphatic carbocycles. The molecule has 29 heavy (non-hydrogen) atoms. The SMILES string of the molecule is COc1ccc(C(=O)N2CCN(C)CC2)cc1NC(=O)CC1CSCCN1.Cl.Cl. The predicted octanol–water partition coefficient (Wildman–Crippen LogP) is 1.96. The second-order valence-electron chi connectivity index (χ2n) is 6.99. The second kappa shape index (κ2) is 12.5. The van der Waals surface area contributed by atoms with Crippen molar-refractivity contribution >= 4 is 54.1 Å². The number of hydrogen-bond acceptors (Lipinski definition) is 6. The second-order valence-corrected chi connectivity index (χ2v) is 8.14. The van der Waals surface area contributed by atoms with Crippen molar-refractivity contribution in [2.45, 2.75) is 12.5 Å². The Hall–Kier alpha value is -1.19. The zero-order valence-corrected chi connectivity index (χ0v) is 19.3. The first-order chi connectivity index (χ1) is 13.1. The van der Waals surface area contributed by atoms with Crippen molar-refractivity contribution in [3.8, 4) is 5.75 Å². The number of thioether (sulfide) groups is 1. The van der Waals surface area contributed by atoms with Gasteiger partial charge in [-0.25, -0.2) is 0 Å². The molecule has 0 saturated carbocycles. The van der Waals surface area contributed by atoms with E-state index in [0.717, 1.165) is 31.1 Å². The van der Waals surface area contributed by atoms with Crippen LogP contribution in [0.4, 0.5) is 5.69 Å². The summed E-state index contributed by atoms with van der Waals surface area (Å²) in [6, 6.07) is 5.41. The van der Waals surface area contributed by atoms with Gasteiger partial charge in [-0.3, -0.25) is 9.59 Å². The Balaban J connectivity index is 0.00000210. The quantitative estimate of drug-likeness (QED) is 0.693. The number of methoxy groups -OCH3 is 1. The topological polar surface area (TPSA) is 73.9 Å². The Morgan fingerprint density at radius 3 is 2.59 bits per heavy atom. The molecule has 164 valence electrons. The van der Waals surface area contributed by atoms with E-state index in [0.29, 0.717) is 36.5 Å². The highest BCUT2D eigenvalue weighted by Crippen LogP contribution is 2.27. The van der Waals surface area contributed by atoms with Crippen LogP contribution in [0.25, 0.3) is 0 Å². The van der Waals surface area contributed by atoms with Crippen LogP contribution < -0.4 is 15.4 Å². The summed E-state index contributed by atoms with van der Waals surface area (Å²) in [5.41, 5.74) is 1.12. The van der Waals surface area contributed by atoms with Crippen LogP contribution in [-0.4, -0.2) is 86.0 Å². The summed E-state index contributed by atoms with van der Waals surface area (Å²) in [5, 5.41) is 6.28. The number of hydrogen-bond donors (Lipinski definition) is 2. The molecule has 2 N–H and O–H groups in total. The summed E-state index contributed by atoms with van der Waals surface area (Å²) >= 11 is 1.86. The van der Waals surface area contributed by atoms with Gasteiger partial charge in [0, 0.05) is 62.3 Å². The molecule has 0 aromatic heterocycles. The van der Waals surface area contributed by atoms with Gasteiger partial charge in [0.25, 0.3) is 5.91 Å². The number of amides is 2. The summed E-state index contributed by atoms with van der Waals surface area (Å²) < 4.78 is 5.36. The maximum atomic E-state index is 12.8. The highest BCUT2D eigenvalue weighted by molar-refractivity contribution is 7.99. The lowest BCUT2D eigenvalue weighted by Crippen LogP contribution is -2.47. The van der Waals surface area contributed by atoms with Gasteiger partial charge in [-0.2, -0.15) is 11.8 Å². The van der Waals surface area contributed by atoms with Gasteiger partial charge in [0.2, 0.25) is 5.91 Å². The monoisotopic (exact) mass is 464 g/mol. The lowest BCUT2D eigenvalue weighted by atomic mass is 10.1. The summed E-state index contributed by atoms with van der Waals surface area (Å²) in [5.74, 6) is 2.50. The van der Waals surface area contributed by atoms with Crippen LogP contribution in [0.5, 0.6) is 5.75 Å². The lowest BCUT2D eigenvalue weighted by Gasteiger charge is -2.32. The van der Waals surface area contributed by atoms with E-state index in [9.17, 15) is 9.59 Å². The van der Waals surface area contributed by atoms with E-state index < -0.39 is 0 Å². The molecule has 2 heterocycles. The fraction of sp³-hybridized carbons (Fsp3) is 0.579. The normalized spacial score (nSPS) is 19.5. The van der Waals surface area contributed by atoms with Crippen LogP contribution in [0, 0.1) is 0 Å². The molecule has 0 spiro atoms. The van der Waals surface area contributed by atoms with E-state index >= 15 is 0 Å². The first-order valence-corrected chi connectivity index (χ1v) is 10.5. The molecule has 2 aliphatic rings. The average molecular weight is 465 g/mol. The molecule has 2 amide bonds. The van der Waals surface area contributed by atoms with Gasteiger partial charge in [-0.05, 0) is 25.2 Å². The minimum Gasteiger partial charge on any atom is -0.495 e. The Labute approximate surface area is 189 Å². The number of ether oxygens (including phenoxy) is 1. The van der Waals surface area contributed by atoms with Gasteiger partial charge in [-0.15, -0.1) is 24.8 Å². The standard InChI is InChI=1S/C19H28N4O3S.2ClH/c1-22-6-8-23(9-7-22)19(25)14-3-4-17(26-2)16(11-14)21-18(24)12-15-13-27-10-5-20-15;;/h3-4,11,15,20H,5-10,12-13H2,1-2H3,(H,21,24);2*1H. The van der Waals surface area contributed by atoms with Crippen LogP contribution in [0.1, 0.15) is 16.8 Å². The van der Waals surface area contributed by atoms with Gasteiger partial charge in [0.15, 0.2) is 0 Å². The first-order valence-electron chi connectivity index (χ1n) is 9.33. The summed E-state index contributed by atoms with van der Waals surface area (Å²) in [7, 11) is 3.62. The molecule has 1 atom stereocenters. The molecule has 2 saturated heterocycles. The van der Waals surface area contributed by atoms with Crippen molar-refractivity contribution in [2.24, 2.45) is 0 Å². The molecule has 3 rings (SSSR count). The lowest BCUT2D eigenvalue weighted by molar-refractivity contribution is -0.116. The maximum Gasteiger partial charge on any atom is 0.254 e. The van der Waals surface area contributed by atoms with Crippen molar-refractivity contribution in [2.75, 3.05) is 63.7 Å². The van der Waals surface area contributed by atoms with Crippen molar-refractivity contribution in [3.05, 3.63) is 23.8 Å². The molecule has 1 unspecified atom stereocenters. The maximum absolute atomic E-state index is 12.8. The summed E-state index contributed by atoms with van der Waals surface area (Å²) in [4.78, 5) is 29.3. The third-order valence-corrected chi connectivity index (χ3v) is 6.07. The summed E-state index contributed by atoms with van der Waals surface area (Å²) in [6.45, 7) is 4.11. The summed E-state index contributed by atoms with van der Waals surface area (Å²) in [6.07, 6.45) is 0.410. The van der Waals surface area contributed by atoms with Crippen LogP contribution >= 0.6 is 36.6 Å². The molecule has 2 fully saturated rings. The number of carbonyl (C=O) groups is 2. The number of anilines is 1. The zero-order chi connectivity index (χ0) is 19.2. The van der Waals surface area contributed by atoms with E-state index in [1.807, 2.05) is 16.7 Å². The van der Waals surface area contributed by atoms with E-state index in [-0.39, 0.29) is 42.7 Å². The minimum absolute atomic E-state index is 0. The number of likely N-dealkylation sites (N-methyl/N-ethyl adjacent to an activating group) is 1. The molecule has 1 aromatic rings. The number of halogens is 2.